The third-order valence-corrected chi connectivity index (χ3v) is 12.9. The summed E-state index contributed by atoms with van der Waals surface area (Å²) in [7, 11) is 1.55. The Balaban J connectivity index is 1.12. The van der Waals surface area contributed by atoms with Gasteiger partial charge in [-0.05, 0) is 45.5 Å². The standard InChI is InChI=1S/C62H64O12/c1-64-61-58(69-41-49-31-17-6-18-32-49)57(68-40-48-29-15-5-16-30-48)55(53(72-61)44-71-60(63)51-35-21-8-22-36-51)74-62-59(70-42-50-33-19-7-20-34-50)56(67-39-47-27-13-4-14-28-47)54(66-38-46-25-11-3-12-26-46)52(73-62)43-65-37-45-23-9-2-10-24-45/h2-36,52-59,61-62H,37-44H2,1H3/t52?,53?,54-,55+,56?,57?,58?,59?,61-,62+/m1/s1. The van der Waals surface area contributed by atoms with E-state index in [-0.39, 0.29) is 46.2 Å². The van der Waals surface area contributed by atoms with Crippen LogP contribution < -0.4 is 0 Å². The number of hydrogen-bond acceptors (Lipinski definition) is 12. The van der Waals surface area contributed by atoms with Gasteiger partial charge < -0.3 is 52.1 Å². The smallest absolute Gasteiger partial charge is 0.338 e. The van der Waals surface area contributed by atoms with Crippen molar-refractivity contribution in [2.24, 2.45) is 0 Å². The molecular formula is C62H64O12. The normalized spacial score (nSPS) is 23.7. The van der Waals surface area contributed by atoms with E-state index in [1.807, 2.05) is 188 Å². The van der Waals surface area contributed by atoms with E-state index in [1.165, 1.54) is 0 Å². The van der Waals surface area contributed by atoms with Gasteiger partial charge in [0.1, 0.15) is 55.4 Å². The summed E-state index contributed by atoms with van der Waals surface area (Å²) in [5.74, 6) is -0.535. The maximum Gasteiger partial charge on any atom is 0.338 e. The van der Waals surface area contributed by atoms with Gasteiger partial charge in [0, 0.05) is 7.11 Å². The van der Waals surface area contributed by atoms with Gasteiger partial charge in [0.2, 0.25) is 0 Å². The molecule has 9 rings (SSSR count). The lowest BCUT2D eigenvalue weighted by Gasteiger charge is -2.50. The predicted octanol–water partition coefficient (Wildman–Crippen LogP) is 10.5. The van der Waals surface area contributed by atoms with E-state index in [0.29, 0.717) is 12.2 Å². The van der Waals surface area contributed by atoms with Crippen molar-refractivity contribution < 1.29 is 56.9 Å². The first-order valence-corrected chi connectivity index (χ1v) is 25.2. The summed E-state index contributed by atoms with van der Waals surface area (Å²) in [4.78, 5) is 13.7. The van der Waals surface area contributed by atoms with Gasteiger partial charge in [-0.15, -0.1) is 0 Å². The van der Waals surface area contributed by atoms with Crippen LogP contribution in [0.2, 0.25) is 0 Å². The van der Waals surface area contributed by atoms with Gasteiger partial charge in [-0.25, -0.2) is 4.79 Å². The van der Waals surface area contributed by atoms with Crippen molar-refractivity contribution >= 4 is 5.97 Å². The predicted molar refractivity (Wildman–Crippen MR) is 277 cm³/mol. The van der Waals surface area contributed by atoms with E-state index in [0.717, 1.165) is 33.4 Å². The molecule has 0 N–H and O–H groups in total. The number of carbonyl (C=O) groups is 1. The average molecular weight is 1000 g/mol. The second-order valence-corrected chi connectivity index (χ2v) is 18.2. The van der Waals surface area contributed by atoms with Crippen LogP contribution in [-0.4, -0.2) is 87.7 Å². The molecule has 384 valence electrons. The van der Waals surface area contributed by atoms with Crippen molar-refractivity contribution in [1.82, 2.24) is 0 Å². The summed E-state index contributed by atoms with van der Waals surface area (Å²) in [6.45, 7) is 1.24. The average Bonchev–Trinajstić information content (AvgIpc) is 3.47. The van der Waals surface area contributed by atoms with Gasteiger partial charge >= 0.3 is 5.97 Å². The van der Waals surface area contributed by atoms with Crippen molar-refractivity contribution in [2.45, 2.75) is 101 Å². The Morgan fingerprint density at radius 1 is 0.365 bits per heavy atom. The Morgan fingerprint density at radius 3 is 1.11 bits per heavy atom. The lowest BCUT2D eigenvalue weighted by molar-refractivity contribution is -0.375. The van der Waals surface area contributed by atoms with Crippen LogP contribution in [0.3, 0.4) is 0 Å². The molecule has 0 aromatic heterocycles. The monoisotopic (exact) mass is 1000 g/mol. The van der Waals surface area contributed by atoms with Gasteiger partial charge in [0.25, 0.3) is 0 Å². The molecule has 2 saturated heterocycles. The highest BCUT2D eigenvalue weighted by Gasteiger charge is 2.55. The topological polar surface area (TPSA) is 119 Å². The van der Waals surface area contributed by atoms with Gasteiger partial charge in [0.15, 0.2) is 12.6 Å². The molecule has 6 unspecified atom stereocenters. The van der Waals surface area contributed by atoms with Gasteiger partial charge in [0.05, 0.1) is 51.8 Å². The Labute approximate surface area is 433 Å². The molecule has 0 saturated carbocycles. The maximum atomic E-state index is 13.7. The molecule has 2 aliphatic rings. The zero-order chi connectivity index (χ0) is 50.6. The largest absolute Gasteiger partial charge is 0.459 e. The Kier molecular flexibility index (Phi) is 19.7. The maximum absolute atomic E-state index is 13.7. The highest BCUT2D eigenvalue weighted by molar-refractivity contribution is 5.89. The van der Waals surface area contributed by atoms with Crippen LogP contribution in [0.1, 0.15) is 43.7 Å². The fraction of sp³-hybridized carbons (Fsp3) is 0.306. The van der Waals surface area contributed by atoms with Crippen LogP contribution in [0.4, 0.5) is 0 Å². The SMILES string of the molecule is CO[C@@H]1OC(COC(=O)c2ccccc2)[C@H](O[C@@H]2OC(COCc3ccccc3)[C@@H](OCc3ccccc3)C(OCc3ccccc3)C2OCc2ccccc2)C(OCc2ccccc2)C1OCc1ccccc1. The van der Waals surface area contributed by atoms with Gasteiger partial charge in [-0.3, -0.25) is 0 Å². The molecule has 7 aromatic carbocycles. The molecule has 0 bridgehead atoms. The molecule has 12 heteroatoms. The highest BCUT2D eigenvalue weighted by atomic mass is 16.8. The zero-order valence-electron chi connectivity index (χ0n) is 41.5. The van der Waals surface area contributed by atoms with Crippen molar-refractivity contribution in [3.05, 3.63) is 251 Å². The lowest BCUT2D eigenvalue weighted by atomic mass is 9.95. The highest BCUT2D eigenvalue weighted by Crippen LogP contribution is 2.37. The van der Waals surface area contributed by atoms with E-state index >= 15 is 0 Å². The molecule has 0 aliphatic carbocycles. The number of benzene rings is 7. The van der Waals surface area contributed by atoms with E-state index in [2.05, 4.69) is 0 Å². The van der Waals surface area contributed by atoms with E-state index in [4.69, 9.17) is 52.1 Å². The van der Waals surface area contributed by atoms with Crippen LogP contribution in [0.15, 0.2) is 212 Å². The molecule has 2 heterocycles. The molecule has 0 spiro atoms. The number of esters is 1. The molecule has 74 heavy (non-hydrogen) atoms. The van der Waals surface area contributed by atoms with Crippen molar-refractivity contribution in [3.8, 4) is 0 Å². The molecule has 2 fully saturated rings. The van der Waals surface area contributed by atoms with Crippen LogP contribution in [0, 0.1) is 0 Å². The zero-order valence-corrected chi connectivity index (χ0v) is 41.5. The Morgan fingerprint density at radius 2 is 0.689 bits per heavy atom. The third-order valence-electron chi connectivity index (χ3n) is 12.9. The summed E-state index contributed by atoms with van der Waals surface area (Å²) in [5, 5.41) is 0. The number of hydrogen-bond donors (Lipinski definition) is 0. The fourth-order valence-corrected chi connectivity index (χ4v) is 9.09. The summed E-state index contributed by atoms with van der Waals surface area (Å²) >= 11 is 0. The van der Waals surface area contributed by atoms with Gasteiger partial charge in [-0.1, -0.05) is 200 Å². The number of rotatable bonds is 25. The molecule has 7 aromatic rings. The second kappa shape index (κ2) is 27.8. The van der Waals surface area contributed by atoms with Crippen LogP contribution in [-0.2, 0) is 91.7 Å². The van der Waals surface area contributed by atoms with E-state index in [9.17, 15) is 4.79 Å². The Bertz CT molecular complexity index is 2650. The first kappa shape index (κ1) is 52.5. The minimum Gasteiger partial charge on any atom is -0.459 e. The minimum absolute atomic E-state index is 0.104. The number of methoxy groups -OCH3 is 1. The van der Waals surface area contributed by atoms with Crippen molar-refractivity contribution in [3.63, 3.8) is 0 Å². The molecule has 10 atom stereocenters. The van der Waals surface area contributed by atoms with Crippen LogP contribution >= 0.6 is 0 Å². The second-order valence-electron chi connectivity index (χ2n) is 18.2. The number of ether oxygens (including phenoxy) is 11. The summed E-state index contributed by atoms with van der Waals surface area (Å²) in [5.41, 5.74) is 6.09. The molecule has 0 radical (unpaired) electrons. The third kappa shape index (κ3) is 14.9. The van der Waals surface area contributed by atoms with Gasteiger partial charge in [-0.2, -0.15) is 0 Å². The summed E-state index contributed by atoms with van der Waals surface area (Å²) in [6, 6.07) is 68.3. The number of carbonyl (C=O) groups excluding carboxylic acids is 1. The molecule has 0 amide bonds. The van der Waals surface area contributed by atoms with Crippen molar-refractivity contribution in [1.29, 1.82) is 0 Å². The van der Waals surface area contributed by atoms with Crippen LogP contribution in [0.5, 0.6) is 0 Å². The summed E-state index contributed by atoms with van der Waals surface area (Å²) in [6.07, 6.45) is -9.17. The van der Waals surface area contributed by atoms with E-state index < -0.39 is 67.4 Å². The lowest BCUT2D eigenvalue weighted by Crippen LogP contribution is -2.66. The quantitative estimate of drug-likeness (QED) is 0.0507. The van der Waals surface area contributed by atoms with Crippen LogP contribution in [0.25, 0.3) is 0 Å². The molecular weight excluding hydrogens is 937 g/mol. The fourth-order valence-electron chi connectivity index (χ4n) is 9.09. The molecule has 12 nitrogen and oxygen atoms in total. The minimum atomic E-state index is -1.18. The first-order valence-electron chi connectivity index (χ1n) is 25.2. The van der Waals surface area contributed by atoms with E-state index in [1.54, 1.807) is 31.4 Å². The molecule has 2 aliphatic heterocycles. The van der Waals surface area contributed by atoms with Crippen molar-refractivity contribution in [2.75, 3.05) is 20.3 Å². The first-order chi connectivity index (χ1) is 36.6. The summed E-state index contributed by atoms with van der Waals surface area (Å²) < 4.78 is 75.0. The Hall–Kier alpha value is -6.39.